The van der Waals surface area contributed by atoms with E-state index in [-0.39, 0.29) is 6.09 Å². The molecule has 0 bridgehead atoms. The highest BCUT2D eigenvalue weighted by atomic mass is 16.6. The summed E-state index contributed by atoms with van der Waals surface area (Å²) in [6.07, 6.45) is 1.89. The lowest BCUT2D eigenvalue weighted by Crippen LogP contribution is -2.43. The average molecular weight is 257 g/mol. The Bertz CT molecular complexity index is 255. The minimum Gasteiger partial charge on any atom is -0.444 e. The van der Waals surface area contributed by atoms with E-state index in [0.717, 1.165) is 39.0 Å². The van der Waals surface area contributed by atoms with Crippen LogP contribution >= 0.6 is 0 Å². The van der Waals surface area contributed by atoms with E-state index in [2.05, 4.69) is 5.32 Å². The van der Waals surface area contributed by atoms with Gasteiger partial charge in [-0.05, 0) is 46.1 Å². The molecule has 1 rings (SSSR count). The van der Waals surface area contributed by atoms with Crippen LogP contribution in [0.2, 0.25) is 0 Å². The Balaban J connectivity index is 2.24. The van der Waals surface area contributed by atoms with E-state index < -0.39 is 5.60 Å². The molecule has 1 saturated heterocycles. The summed E-state index contributed by atoms with van der Waals surface area (Å²) in [6, 6.07) is 0. The molecule has 106 valence electrons. The first-order valence-corrected chi connectivity index (χ1v) is 6.81. The second-order valence-electron chi connectivity index (χ2n) is 5.90. The number of hydrogen-bond acceptors (Lipinski definition) is 4. The molecule has 0 aromatic heterocycles. The maximum Gasteiger partial charge on any atom is 0.410 e. The smallest absolute Gasteiger partial charge is 0.410 e. The third kappa shape index (κ3) is 5.69. The van der Waals surface area contributed by atoms with Crippen LogP contribution in [0.3, 0.4) is 0 Å². The molecule has 0 radical (unpaired) electrons. The van der Waals surface area contributed by atoms with E-state index >= 15 is 0 Å². The number of rotatable bonds is 4. The molecule has 3 N–H and O–H groups in total. The molecule has 0 unspecified atom stereocenters. The van der Waals surface area contributed by atoms with Crippen molar-refractivity contribution in [1.82, 2.24) is 10.2 Å². The van der Waals surface area contributed by atoms with Gasteiger partial charge in [0.2, 0.25) is 0 Å². The monoisotopic (exact) mass is 257 g/mol. The molecule has 0 atom stereocenters. The van der Waals surface area contributed by atoms with E-state index in [1.54, 1.807) is 0 Å². The lowest BCUT2D eigenvalue weighted by Gasteiger charge is -2.33. The maximum absolute atomic E-state index is 11.9. The van der Waals surface area contributed by atoms with Crippen molar-refractivity contribution in [3.05, 3.63) is 0 Å². The fourth-order valence-electron chi connectivity index (χ4n) is 2.05. The lowest BCUT2D eigenvalue weighted by atomic mass is 9.97. The summed E-state index contributed by atoms with van der Waals surface area (Å²) < 4.78 is 5.37. The van der Waals surface area contributed by atoms with Gasteiger partial charge in [-0.3, -0.25) is 0 Å². The Hall–Kier alpha value is -0.810. The summed E-state index contributed by atoms with van der Waals surface area (Å²) in [4.78, 5) is 13.7. The molecule has 1 aliphatic rings. The second-order valence-corrected chi connectivity index (χ2v) is 5.90. The lowest BCUT2D eigenvalue weighted by molar-refractivity contribution is 0.0184. The molecule has 18 heavy (non-hydrogen) atoms. The number of amides is 1. The molecule has 1 fully saturated rings. The number of carbonyl (C=O) groups excluding carboxylic acids is 1. The van der Waals surface area contributed by atoms with Gasteiger partial charge in [-0.1, -0.05) is 0 Å². The summed E-state index contributed by atoms with van der Waals surface area (Å²) in [5.41, 5.74) is 5.03. The van der Waals surface area contributed by atoms with Crippen molar-refractivity contribution >= 4 is 6.09 Å². The number of ether oxygens (including phenoxy) is 1. The zero-order valence-electron chi connectivity index (χ0n) is 11.9. The quantitative estimate of drug-likeness (QED) is 0.742. The topological polar surface area (TPSA) is 67.6 Å². The van der Waals surface area contributed by atoms with Gasteiger partial charge in [0.15, 0.2) is 0 Å². The average Bonchev–Trinajstić information content (AvgIpc) is 2.28. The van der Waals surface area contributed by atoms with Gasteiger partial charge in [-0.2, -0.15) is 0 Å². The Kier molecular flexibility index (Phi) is 5.88. The number of piperidine rings is 1. The second kappa shape index (κ2) is 6.95. The van der Waals surface area contributed by atoms with Crippen LogP contribution in [0, 0.1) is 5.92 Å². The Labute approximate surface area is 110 Å². The molecule has 0 saturated carbocycles. The summed E-state index contributed by atoms with van der Waals surface area (Å²) in [6.45, 7) is 9.83. The molecule has 1 aliphatic heterocycles. The summed E-state index contributed by atoms with van der Waals surface area (Å²) in [7, 11) is 0. The molecular weight excluding hydrogens is 230 g/mol. The molecule has 0 aromatic rings. The van der Waals surface area contributed by atoms with Gasteiger partial charge in [0.1, 0.15) is 5.60 Å². The summed E-state index contributed by atoms with van der Waals surface area (Å²) >= 11 is 0. The highest BCUT2D eigenvalue weighted by Crippen LogP contribution is 2.18. The van der Waals surface area contributed by atoms with Crippen LogP contribution in [-0.2, 0) is 4.74 Å². The van der Waals surface area contributed by atoms with Gasteiger partial charge in [-0.25, -0.2) is 4.79 Å². The van der Waals surface area contributed by atoms with E-state index in [1.807, 2.05) is 25.7 Å². The van der Waals surface area contributed by atoms with Crippen LogP contribution in [0.1, 0.15) is 33.6 Å². The number of nitrogens with two attached hydrogens (primary N) is 1. The summed E-state index contributed by atoms with van der Waals surface area (Å²) in [5.74, 6) is 0.648. The van der Waals surface area contributed by atoms with Crippen molar-refractivity contribution in [2.45, 2.75) is 39.2 Å². The van der Waals surface area contributed by atoms with Crippen LogP contribution < -0.4 is 11.1 Å². The van der Waals surface area contributed by atoms with E-state index in [4.69, 9.17) is 10.5 Å². The van der Waals surface area contributed by atoms with Gasteiger partial charge in [0, 0.05) is 26.2 Å². The van der Waals surface area contributed by atoms with E-state index in [9.17, 15) is 4.79 Å². The van der Waals surface area contributed by atoms with Crippen molar-refractivity contribution in [3.8, 4) is 0 Å². The summed E-state index contributed by atoms with van der Waals surface area (Å²) in [5, 5.41) is 3.33. The predicted molar refractivity (Wildman–Crippen MR) is 72.5 cm³/mol. The van der Waals surface area contributed by atoms with E-state index in [1.165, 1.54) is 0 Å². The molecule has 1 heterocycles. The SMILES string of the molecule is CC(C)(C)OC(=O)N1CCC(CNCCN)CC1. The van der Waals surface area contributed by atoms with Crippen molar-refractivity contribution in [3.63, 3.8) is 0 Å². The maximum atomic E-state index is 11.9. The first-order chi connectivity index (χ1) is 8.42. The highest BCUT2D eigenvalue weighted by molar-refractivity contribution is 5.68. The zero-order chi connectivity index (χ0) is 13.6. The molecule has 1 amide bonds. The molecule has 0 spiro atoms. The molecule has 5 heteroatoms. The molecule has 0 aromatic carbocycles. The fourth-order valence-corrected chi connectivity index (χ4v) is 2.05. The standard InChI is InChI=1S/C13H27N3O2/c1-13(2,3)18-12(17)16-8-4-11(5-9-16)10-15-7-6-14/h11,15H,4-10,14H2,1-3H3. The number of hydrogen-bond donors (Lipinski definition) is 2. The van der Waals surface area contributed by atoms with Gasteiger partial charge in [0.25, 0.3) is 0 Å². The minimum atomic E-state index is -0.406. The third-order valence-corrected chi connectivity index (χ3v) is 3.02. The van der Waals surface area contributed by atoms with Crippen LogP contribution in [-0.4, -0.2) is 49.3 Å². The zero-order valence-corrected chi connectivity index (χ0v) is 11.9. The number of nitrogens with zero attached hydrogens (tertiary/aromatic N) is 1. The molecule has 0 aliphatic carbocycles. The van der Waals surface area contributed by atoms with Gasteiger partial charge >= 0.3 is 6.09 Å². The highest BCUT2D eigenvalue weighted by Gasteiger charge is 2.26. The van der Waals surface area contributed by atoms with Gasteiger partial charge in [0.05, 0.1) is 0 Å². The van der Waals surface area contributed by atoms with Gasteiger partial charge in [-0.15, -0.1) is 0 Å². The van der Waals surface area contributed by atoms with Crippen molar-refractivity contribution in [2.24, 2.45) is 11.7 Å². The Morgan fingerprint density at radius 3 is 2.50 bits per heavy atom. The van der Waals surface area contributed by atoms with Gasteiger partial charge < -0.3 is 20.7 Å². The Morgan fingerprint density at radius 2 is 2.00 bits per heavy atom. The van der Waals surface area contributed by atoms with Crippen molar-refractivity contribution in [1.29, 1.82) is 0 Å². The molecular formula is C13H27N3O2. The van der Waals surface area contributed by atoms with Crippen molar-refractivity contribution in [2.75, 3.05) is 32.7 Å². The number of carbonyl (C=O) groups is 1. The Morgan fingerprint density at radius 1 is 1.39 bits per heavy atom. The minimum absolute atomic E-state index is 0.184. The van der Waals surface area contributed by atoms with Crippen LogP contribution in [0.15, 0.2) is 0 Å². The van der Waals surface area contributed by atoms with Crippen molar-refractivity contribution < 1.29 is 9.53 Å². The normalized spacial score (nSPS) is 17.9. The molecule has 5 nitrogen and oxygen atoms in total. The largest absolute Gasteiger partial charge is 0.444 e. The van der Waals surface area contributed by atoms with E-state index in [0.29, 0.717) is 12.5 Å². The third-order valence-electron chi connectivity index (χ3n) is 3.02. The number of likely N-dealkylation sites (tertiary alicyclic amines) is 1. The first-order valence-electron chi connectivity index (χ1n) is 6.81. The fraction of sp³-hybridized carbons (Fsp3) is 0.923. The van der Waals surface area contributed by atoms with Crippen LogP contribution in [0.5, 0.6) is 0 Å². The van der Waals surface area contributed by atoms with Crippen LogP contribution in [0.4, 0.5) is 4.79 Å². The first kappa shape index (κ1) is 15.2. The van der Waals surface area contributed by atoms with Crippen LogP contribution in [0.25, 0.3) is 0 Å². The predicted octanol–water partition coefficient (Wildman–Crippen LogP) is 1.18. The number of nitrogens with one attached hydrogen (secondary N) is 1.